The third-order valence-electron chi connectivity index (χ3n) is 2.45. The van der Waals surface area contributed by atoms with Gasteiger partial charge in [0.15, 0.2) is 5.79 Å². The summed E-state index contributed by atoms with van der Waals surface area (Å²) in [5, 5.41) is 0. The number of hydrogen-bond acceptors (Lipinski definition) is 2. The second-order valence-electron chi connectivity index (χ2n) is 2.99. The Bertz CT molecular complexity index is 112. The van der Waals surface area contributed by atoms with Crippen LogP contribution in [-0.2, 0) is 9.47 Å². The Hall–Kier alpha value is -0.0800. The zero-order valence-corrected chi connectivity index (χ0v) is 5.72. The fraction of sp³-hybridized carbons (Fsp3) is 1.00. The first-order chi connectivity index (χ1) is 4.31. The molecule has 2 saturated heterocycles. The van der Waals surface area contributed by atoms with Gasteiger partial charge in [-0.2, -0.15) is 0 Å². The SMILES string of the molecule is CC12OCCC1CCO2. The number of fused-ring (bicyclic) bond motifs is 1. The second-order valence-corrected chi connectivity index (χ2v) is 2.99. The molecule has 0 aliphatic carbocycles. The number of hydrogen-bond donors (Lipinski definition) is 0. The minimum atomic E-state index is -0.194. The minimum Gasteiger partial charge on any atom is -0.350 e. The molecule has 0 aromatic heterocycles. The van der Waals surface area contributed by atoms with Crippen molar-refractivity contribution >= 4 is 0 Å². The van der Waals surface area contributed by atoms with E-state index >= 15 is 0 Å². The standard InChI is InChI=1S/C7H12O2/c1-7-6(2-4-8-7)3-5-9-7/h6H,2-5H2,1H3. The summed E-state index contributed by atoms with van der Waals surface area (Å²) in [5.41, 5.74) is 0. The first-order valence-electron chi connectivity index (χ1n) is 3.59. The molecule has 2 rings (SSSR count). The highest BCUT2D eigenvalue weighted by Gasteiger charge is 2.44. The van der Waals surface area contributed by atoms with E-state index in [-0.39, 0.29) is 5.79 Å². The summed E-state index contributed by atoms with van der Waals surface area (Å²) >= 11 is 0. The molecule has 0 unspecified atom stereocenters. The van der Waals surface area contributed by atoms with Crippen LogP contribution in [0.25, 0.3) is 0 Å². The zero-order chi connectivity index (χ0) is 6.32. The van der Waals surface area contributed by atoms with Crippen molar-refractivity contribution in [3.63, 3.8) is 0 Å². The van der Waals surface area contributed by atoms with Gasteiger partial charge in [-0.15, -0.1) is 0 Å². The van der Waals surface area contributed by atoms with Crippen LogP contribution in [-0.4, -0.2) is 19.0 Å². The maximum atomic E-state index is 5.44. The number of rotatable bonds is 0. The molecule has 0 spiro atoms. The molecular formula is C7H12O2. The van der Waals surface area contributed by atoms with Crippen LogP contribution in [0.2, 0.25) is 0 Å². The van der Waals surface area contributed by atoms with E-state index < -0.39 is 0 Å². The Morgan fingerprint density at radius 2 is 1.78 bits per heavy atom. The van der Waals surface area contributed by atoms with Crippen LogP contribution in [0.4, 0.5) is 0 Å². The van der Waals surface area contributed by atoms with E-state index in [4.69, 9.17) is 9.47 Å². The van der Waals surface area contributed by atoms with Crippen molar-refractivity contribution in [3.05, 3.63) is 0 Å². The molecule has 9 heavy (non-hydrogen) atoms. The first-order valence-corrected chi connectivity index (χ1v) is 3.59. The van der Waals surface area contributed by atoms with E-state index in [1.807, 2.05) is 0 Å². The first kappa shape index (κ1) is 5.69. The zero-order valence-electron chi connectivity index (χ0n) is 5.72. The number of ether oxygens (including phenoxy) is 2. The lowest BCUT2D eigenvalue weighted by atomic mass is 9.99. The van der Waals surface area contributed by atoms with E-state index in [1.54, 1.807) is 0 Å². The molecule has 0 atom stereocenters. The summed E-state index contributed by atoms with van der Waals surface area (Å²) in [6, 6.07) is 0. The van der Waals surface area contributed by atoms with E-state index in [1.165, 1.54) is 12.8 Å². The van der Waals surface area contributed by atoms with Crippen LogP contribution in [0.3, 0.4) is 0 Å². The molecule has 0 radical (unpaired) electrons. The minimum absolute atomic E-state index is 0.194. The van der Waals surface area contributed by atoms with Crippen LogP contribution in [0.15, 0.2) is 0 Å². The van der Waals surface area contributed by atoms with Gasteiger partial charge in [0.05, 0.1) is 13.2 Å². The van der Waals surface area contributed by atoms with Gasteiger partial charge in [0.1, 0.15) is 0 Å². The van der Waals surface area contributed by atoms with Gasteiger partial charge in [0.2, 0.25) is 0 Å². The predicted octanol–water partition coefficient (Wildman–Crippen LogP) is 1.16. The Balaban J connectivity index is 2.17. The maximum absolute atomic E-state index is 5.44. The molecule has 2 fully saturated rings. The molecule has 2 aliphatic heterocycles. The van der Waals surface area contributed by atoms with Crippen LogP contribution >= 0.6 is 0 Å². The molecule has 52 valence electrons. The summed E-state index contributed by atoms with van der Waals surface area (Å²) in [6.45, 7) is 3.83. The maximum Gasteiger partial charge on any atom is 0.168 e. The van der Waals surface area contributed by atoms with Crippen LogP contribution in [0.5, 0.6) is 0 Å². The van der Waals surface area contributed by atoms with Crippen molar-refractivity contribution in [1.82, 2.24) is 0 Å². The molecule has 2 heteroatoms. The third kappa shape index (κ3) is 0.700. The monoisotopic (exact) mass is 128 g/mol. The van der Waals surface area contributed by atoms with Crippen molar-refractivity contribution < 1.29 is 9.47 Å². The quantitative estimate of drug-likeness (QED) is 0.487. The van der Waals surface area contributed by atoms with Gasteiger partial charge in [0.25, 0.3) is 0 Å². The van der Waals surface area contributed by atoms with Crippen molar-refractivity contribution in [2.24, 2.45) is 5.92 Å². The molecule has 0 aromatic carbocycles. The Morgan fingerprint density at radius 3 is 2.22 bits per heavy atom. The van der Waals surface area contributed by atoms with Crippen LogP contribution in [0.1, 0.15) is 19.8 Å². The third-order valence-corrected chi connectivity index (χ3v) is 2.45. The van der Waals surface area contributed by atoms with Gasteiger partial charge < -0.3 is 9.47 Å². The highest BCUT2D eigenvalue weighted by molar-refractivity contribution is 4.85. The van der Waals surface area contributed by atoms with E-state index in [2.05, 4.69) is 6.92 Å². The molecule has 2 aliphatic rings. The van der Waals surface area contributed by atoms with Crippen LogP contribution < -0.4 is 0 Å². The van der Waals surface area contributed by atoms with E-state index in [0.717, 1.165) is 13.2 Å². The smallest absolute Gasteiger partial charge is 0.168 e. The molecule has 2 heterocycles. The summed E-state index contributed by atoms with van der Waals surface area (Å²) < 4.78 is 10.9. The second kappa shape index (κ2) is 1.70. The molecule has 0 N–H and O–H groups in total. The highest BCUT2D eigenvalue weighted by Crippen LogP contribution is 2.40. The van der Waals surface area contributed by atoms with Gasteiger partial charge in [-0.1, -0.05) is 0 Å². The lowest BCUT2D eigenvalue weighted by Crippen LogP contribution is -2.27. The summed E-state index contributed by atoms with van der Waals surface area (Å²) in [4.78, 5) is 0. The normalized spacial score (nSPS) is 49.7. The fourth-order valence-corrected chi connectivity index (χ4v) is 1.75. The Morgan fingerprint density at radius 1 is 1.22 bits per heavy atom. The van der Waals surface area contributed by atoms with E-state index in [9.17, 15) is 0 Å². The molecule has 0 saturated carbocycles. The average molecular weight is 128 g/mol. The van der Waals surface area contributed by atoms with Gasteiger partial charge in [-0.05, 0) is 19.8 Å². The van der Waals surface area contributed by atoms with Gasteiger partial charge in [0, 0.05) is 5.92 Å². The lowest BCUT2D eigenvalue weighted by molar-refractivity contribution is -0.181. The average Bonchev–Trinajstić information content (AvgIpc) is 2.22. The van der Waals surface area contributed by atoms with Crippen molar-refractivity contribution in [2.75, 3.05) is 13.2 Å². The molecule has 0 bridgehead atoms. The predicted molar refractivity (Wildman–Crippen MR) is 33.0 cm³/mol. The fourth-order valence-electron chi connectivity index (χ4n) is 1.75. The molecule has 0 amide bonds. The molecular weight excluding hydrogens is 116 g/mol. The summed E-state index contributed by atoms with van der Waals surface area (Å²) in [7, 11) is 0. The highest BCUT2D eigenvalue weighted by atomic mass is 16.7. The van der Waals surface area contributed by atoms with Crippen molar-refractivity contribution in [3.8, 4) is 0 Å². The lowest BCUT2D eigenvalue weighted by Gasteiger charge is -2.20. The van der Waals surface area contributed by atoms with Gasteiger partial charge in [-0.3, -0.25) is 0 Å². The van der Waals surface area contributed by atoms with Gasteiger partial charge in [-0.25, -0.2) is 0 Å². The Kier molecular flexibility index (Phi) is 1.08. The topological polar surface area (TPSA) is 18.5 Å². The van der Waals surface area contributed by atoms with Gasteiger partial charge >= 0.3 is 0 Å². The van der Waals surface area contributed by atoms with E-state index in [0.29, 0.717) is 5.92 Å². The summed E-state index contributed by atoms with van der Waals surface area (Å²) in [5.74, 6) is 0.484. The Labute approximate surface area is 55.1 Å². The van der Waals surface area contributed by atoms with Crippen molar-refractivity contribution in [2.45, 2.75) is 25.6 Å². The molecule has 2 nitrogen and oxygen atoms in total. The molecule has 0 aromatic rings. The summed E-state index contributed by atoms with van der Waals surface area (Å²) in [6.07, 6.45) is 2.38. The van der Waals surface area contributed by atoms with Crippen LogP contribution in [0, 0.1) is 5.92 Å². The van der Waals surface area contributed by atoms with Crippen molar-refractivity contribution in [1.29, 1.82) is 0 Å². The largest absolute Gasteiger partial charge is 0.350 e.